The maximum absolute atomic E-state index is 13.5. The number of amides is 1. The number of carbonyl (C=O) groups excluding carboxylic acids is 2. The fourth-order valence-electron chi connectivity index (χ4n) is 3.62. The van der Waals surface area contributed by atoms with Crippen molar-refractivity contribution in [1.82, 2.24) is 10.2 Å². The van der Waals surface area contributed by atoms with E-state index in [0.717, 1.165) is 54.9 Å². The monoisotopic (exact) mass is 409 g/mol. The molecule has 0 spiro atoms. The lowest BCUT2D eigenvalue weighted by Crippen LogP contribution is -2.32. The number of rotatable bonds is 4. The second-order valence-corrected chi connectivity index (χ2v) is 6.97. The molecule has 1 aromatic heterocycles. The molecule has 30 heavy (non-hydrogen) atoms. The number of benzene rings is 1. The molecule has 0 atom stereocenters. The lowest BCUT2D eigenvalue weighted by molar-refractivity contribution is 0.0601. The van der Waals surface area contributed by atoms with E-state index in [0.29, 0.717) is 5.82 Å². The average molecular weight is 409 g/mol. The van der Waals surface area contributed by atoms with Gasteiger partial charge in [-0.05, 0) is 49.6 Å². The molecule has 1 amide bonds. The number of allylic oxidation sites excluding steroid dienone is 3. The first-order valence-electron chi connectivity index (χ1n) is 9.47. The number of carbonyl (C=O) groups is 2. The Morgan fingerprint density at radius 2 is 2.03 bits per heavy atom. The van der Waals surface area contributed by atoms with E-state index in [2.05, 4.69) is 26.3 Å². The zero-order valence-electron chi connectivity index (χ0n) is 16.3. The number of nitrogens with one attached hydrogen (secondary N) is 1. The number of anilines is 2. The van der Waals surface area contributed by atoms with Crippen molar-refractivity contribution in [1.29, 1.82) is 0 Å². The summed E-state index contributed by atoms with van der Waals surface area (Å²) in [5, 5.41) is 10.8. The molecule has 4 rings (SSSR count). The zero-order valence-corrected chi connectivity index (χ0v) is 16.3. The molecule has 0 aliphatic carbocycles. The van der Waals surface area contributed by atoms with E-state index < -0.39 is 17.7 Å². The molecular formula is C21H20FN5O3. The Morgan fingerprint density at radius 3 is 2.77 bits per heavy atom. The third kappa shape index (κ3) is 3.61. The number of piperidine rings is 1. The highest BCUT2D eigenvalue weighted by Gasteiger charge is 2.28. The highest BCUT2D eigenvalue weighted by atomic mass is 19.1. The van der Waals surface area contributed by atoms with Gasteiger partial charge in [0.05, 0.1) is 18.4 Å². The molecule has 9 heteroatoms. The number of halogens is 1. The number of methoxy groups -OCH3 is 1. The van der Waals surface area contributed by atoms with Gasteiger partial charge < -0.3 is 15.8 Å². The Bertz CT molecular complexity index is 1080. The summed E-state index contributed by atoms with van der Waals surface area (Å²) in [6.45, 7) is 0. The van der Waals surface area contributed by atoms with Gasteiger partial charge in [0.1, 0.15) is 5.82 Å². The third-order valence-electron chi connectivity index (χ3n) is 5.08. The summed E-state index contributed by atoms with van der Waals surface area (Å²) in [6, 6.07) is 6.67. The van der Waals surface area contributed by atoms with Crippen molar-refractivity contribution in [3.8, 4) is 0 Å². The van der Waals surface area contributed by atoms with Gasteiger partial charge in [-0.25, -0.2) is 9.18 Å². The quantitative estimate of drug-likeness (QED) is 0.747. The summed E-state index contributed by atoms with van der Waals surface area (Å²) in [6.07, 6.45) is 5.65. The van der Waals surface area contributed by atoms with Gasteiger partial charge in [-0.15, -0.1) is 10.2 Å². The van der Waals surface area contributed by atoms with Crippen molar-refractivity contribution < 1.29 is 18.7 Å². The van der Waals surface area contributed by atoms with Crippen molar-refractivity contribution in [2.75, 3.05) is 17.3 Å². The summed E-state index contributed by atoms with van der Waals surface area (Å²) in [7, 11) is 1.18. The molecule has 0 unspecified atom stereocenters. The molecule has 1 aromatic carbocycles. The van der Waals surface area contributed by atoms with E-state index >= 15 is 0 Å². The molecule has 2 bridgehead atoms. The molecule has 154 valence electrons. The Balaban J connectivity index is 1.56. The number of nitrogens with two attached hydrogens (primary N) is 1. The van der Waals surface area contributed by atoms with Gasteiger partial charge >= 0.3 is 5.97 Å². The summed E-state index contributed by atoms with van der Waals surface area (Å²) in [5.41, 5.74) is 9.21. The Kier molecular flexibility index (Phi) is 5.18. The van der Waals surface area contributed by atoms with Crippen LogP contribution in [-0.4, -0.2) is 29.2 Å². The number of fused-ring (bicyclic) bond motifs is 2. The molecule has 2 aliphatic heterocycles. The lowest BCUT2D eigenvalue weighted by Gasteiger charge is -2.36. The number of hydrogen-bond donors (Lipinski definition) is 2. The topological polar surface area (TPSA) is 110 Å². The van der Waals surface area contributed by atoms with Crippen LogP contribution in [0.1, 0.15) is 46.5 Å². The molecule has 1 fully saturated rings. The zero-order chi connectivity index (χ0) is 21.3. The van der Waals surface area contributed by atoms with Crippen molar-refractivity contribution in [3.63, 3.8) is 0 Å². The fourth-order valence-corrected chi connectivity index (χ4v) is 3.62. The molecule has 2 aromatic rings. The molecule has 3 heterocycles. The molecule has 0 radical (unpaired) electrons. The van der Waals surface area contributed by atoms with Gasteiger partial charge in [-0.3, -0.25) is 9.69 Å². The van der Waals surface area contributed by atoms with Crippen molar-refractivity contribution in [3.05, 3.63) is 70.6 Å². The molecular weight excluding hydrogens is 389 g/mol. The van der Waals surface area contributed by atoms with Crippen LogP contribution in [0.15, 0.2) is 53.5 Å². The third-order valence-corrected chi connectivity index (χ3v) is 5.08. The fraction of sp³-hybridized carbons (Fsp3) is 0.238. The first kappa shape index (κ1) is 19.6. The van der Waals surface area contributed by atoms with E-state index in [1.165, 1.54) is 13.2 Å². The number of nitrogens with zero attached hydrogens (tertiary/aromatic N) is 3. The van der Waals surface area contributed by atoms with Crippen LogP contribution in [0.3, 0.4) is 0 Å². The first-order chi connectivity index (χ1) is 14.5. The van der Waals surface area contributed by atoms with Gasteiger partial charge in [-0.2, -0.15) is 0 Å². The second kappa shape index (κ2) is 7.94. The van der Waals surface area contributed by atoms with Crippen LogP contribution in [0.5, 0.6) is 0 Å². The Labute approximate surface area is 172 Å². The van der Waals surface area contributed by atoms with E-state index in [4.69, 9.17) is 5.73 Å². The average Bonchev–Trinajstić information content (AvgIpc) is 2.77. The maximum Gasteiger partial charge on any atom is 0.340 e. The van der Waals surface area contributed by atoms with Gasteiger partial charge in [-0.1, -0.05) is 6.08 Å². The van der Waals surface area contributed by atoms with Crippen LogP contribution in [0.4, 0.5) is 15.9 Å². The number of hydrogen-bond acceptors (Lipinski definition) is 7. The molecule has 8 nitrogen and oxygen atoms in total. The predicted molar refractivity (Wildman–Crippen MR) is 108 cm³/mol. The minimum atomic E-state index is -0.762. The Morgan fingerprint density at radius 1 is 1.20 bits per heavy atom. The molecule has 2 aliphatic rings. The van der Waals surface area contributed by atoms with Crippen molar-refractivity contribution in [2.45, 2.75) is 25.7 Å². The van der Waals surface area contributed by atoms with Crippen molar-refractivity contribution >= 4 is 23.4 Å². The van der Waals surface area contributed by atoms with E-state index in [1.807, 2.05) is 4.90 Å². The lowest BCUT2D eigenvalue weighted by atomic mass is 9.96. The van der Waals surface area contributed by atoms with Crippen LogP contribution in [-0.2, 0) is 4.74 Å². The van der Waals surface area contributed by atoms with Crippen LogP contribution in [0, 0.1) is 5.82 Å². The number of esters is 1. The standard InChI is InChI=1S/C21H20FN5O3/c1-30-21(29)14-11-12(22)5-8-16(14)24-20(28)17-9-10-19(26-25-17)27-13-3-2-4-18(27)15(23)7-6-13/h5-6,8-11H,2-4,7,23H2,1H3,(H,24,28). The smallest absolute Gasteiger partial charge is 0.340 e. The minimum Gasteiger partial charge on any atom is -0.465 e. The minimum absolute atomic E-state index is 0.0528. The maximum atomic E-state index is 13.5. The Hall–Kier alpha value is -3.75. The normalized spacial score (nSPS) is 15.5. The predicted octanol–water partition coefficient (Wildman–Crippen LogP) is 3.10. The van der Waals surface area contributed by atoms with Crippen LogP contribution >= 0.6 is 0 Å². The van der Waals surface area contributed by atoms with Crippen LogP contribution in [0.2, 0.25) is 0 Å². The van der Waals surface area contributed by atoms with Gasteiger partial charge in [0.15, 0.2) is 11.5 Å². The van der Waals surface area contributed by atoms with Gasteiger partial charge in [0.2, 0.25) is 0 Å². The van der Waals surface area contributed by atoms with E-state index in [1.54, 1.807) is 12.1 Å². The van der Waals surface area contributed by atoms with Crippen LogP contribution < -0.4 is 16.0 Å². The van der Waals surface area contributed by atoms with Gasteiger partial charge in [0.25, 0.3) is 5.91 Å². The summed E-state index contributed by atoms with van der Waals surface area (Å²) < 4.78 is 18.1. The van der Waals surface area contributed by atoms with Crippen molar-refractivity contribution in [2.24, 2.45) is 5.73 Å². The van der Waals surface area contributed by atoms with Gasteiger partial charge in [0, 0.05) is 23.5 Å². The van der Waals surface area contributed by atoms with E-state index in [9.17, 15) is 14.0 Å². The number of ether oxygens (including phenoxy) is 1. The molecule has 3 N–H and O–H groups in total. The highest BCUT2D eigenvalue weighted by Crippen LogP contribution is 2.37. The highest BCUT2D eigenvalue weighted by molar-refractivity contribution is 6.07. The largest absolute Gasteiger partial charge is 0.465 e. The van der Waals surface area contributed by atoms with Crippen LogP contribution in [0.25, 0.3) is 0 Å². The SMILES string of the molecule is COC(=O)c1cc(F)ccc1NC(=O)c1ccc(N2C3=CCC(N)=C2CCC3)nn1. The molecule has 0 saturated carbocycles. The second-order valence-electron chi connectivity index (χ2n) is 6.97. The van der Waals surface area contributed by atoms with E-state index in [-0.39, 0.29) is 16.9 Å². The molecule has 1 saturated heterocycles. The first-order valence-corrected chi connectivity index (χ1v) is 9.47. The summed E-state index contributed by atoms with van der Waals surface area (Å²) in [5.74, 6) is -1.37. The summed E-state index contributed by atoms with van der Waals surface area (Å²) >= 11 is 0. The number of aromatic nitrogens is 2. The summed E-state index contributed by atoms with van der Waals surface area (Å²) in [4.78, 5) is 26.4.